The van der Waals surface area contributed by atoms with Gasteiger partial charge < -0.3 is 4.57 Å². The van der Waals surface area contributed by atoms with E-state index in [-0.39, 0.29) is 5.82 Å². The molecule has 0 aliphatic carbocycles. The second-order valence-electron chi connectivity index (χ2n) is 10.9. The Balaban J connectivity index is 1.39. The van der Waals surface area contributed by atoms with Crippen molar-refractivity contribution < 1.29 is 4.39 Å². The first kappa shape index (κ1) is 27.3. The third-order valence-corrected chi connectivity index (χ3v) is 8.12. The first-order valence-corrected chi connectivity index (χ1v) is 15.1. The lowest BCUT2D eigenvalue weighted by Crippen LogP contribution is -2.11. The van der Waals surface area contributed by atoms with Gasteiger partial charge >= 0.3 is 0 Å². The summed E-state index contributed by atoms with van der Waals surface area (Å²) in [6.45, 7) is 0. The Morgan fingerprint density at radius 1 is 0.435 bits per heavy atom. The summed E-state index contributed by atoms with van der Waals surface area (Å²) in [6.07, 6.45) is 3.62. The Kier molecular flexibility index (Phi) is 6.92. The highest BCUT2D eigenvalue weighted by Crippen LogP contribution is 2.41. The number of fused-ring (bicyclic) bond motifs is 3. The van der Waals surface area contributed by atoms with E-state index in [1.54, 1.807) is 0 Å². The van der Waals surface area contributed by atoms with E-state index >= 15 is 0 Å². The summed E-state index contributed by atoms with van der Waals surface area (Å²) in [5.74, 6) is 1.37. The number of pyridine rings is 2. The molecule has 220 valence electrons. The zero-order valence-corrected chi connectivity index (χ0v) is 24.8. The maximum atomic E-state index is 14.1. The molecule has 0 saturated carbocycles. The topological polar surface area (TPSA) is 37.2 Å². The largest absolute Gasteiger partial charge is 0.309 e. The van der Waals surface area contributed by atoms with Crippen LogP contribution in [0.25, 0.3) is 27.5 Å². The normalized spacial score (nSPS) is 11.2. The van der Waals surface area contributed by atoms with Crippen LogP contribution in [0, 0.1) is 5.82 Å². The van der Waals surface area contributed by atoms with Crippen LogP contribution in [0.15, 0.2) is 170 Å². The predicted molar refractivity (Wildman–Crippen MR) is 186 cm³/mol. The Hall–Kier alpha value is -6.27. The van der Waals surface area contributed by atoms with Crippen molar-refractivity contribution in [2.75, 3.05) is 9.80 Å². The number of rotatable bonds is 7. The van der Waals surface area contributed by atoms with E-state index < -0.39 is 0 Å². The SMILES string of the molecule is Fc1ccc(-n2c3ccc(N(c4ccccc4)c4ccccn4)cc3c3cc(N(c4ccccc4)c4ccccn4)ccc32)cc1. The second-order valence-corrected chi connectivity index (χ2v) is 10.9. The van der Waals surface area contributed by atoms with Crippen LogP contribution in [0.1, 0.15) is 0 Å². The Morgan fingerprint density at radius 2 is 0.891 bits per heavy atom. The number of para-hydroxylation sites is 2. The molecule has 0 aliphatic rings. The minimum absolute atomic E-state index is 0.267. The third-order valence-electron chi connectivity index (χ3n) is 8.12. The van der Waals surface area contributed by atoms with Gasteiger partial charge in [-0.2, -0.15) is 0 Å². The van der Waals surface area contributed by atoms with E-state index in [1.807, 2.05) is 97.3 Å². The van der Waals surface area contributed by atoms with Gasteiger partial charge in [-0.15, -0.1) is 0 Å². The van der Waals surface area contributed by atoms with Gasteiger partial charge in [0.05, 0.1) is 11.0 Å². The molecule has 3 heterocycles. The summed E-state index contributed by atoms with van der Waals surface area (Å²) in [5, 5.41) is 2.12. The zero-order valence-electron chi connectivity index (χ0n) is 24.8. The molecule has 8 rings (SSSR count). The minimum Gasteiger partial charge on any atom is -0.309 e. The molecular weight excluding hydrogens is 569 g/mol. The van der Waals surface area contributed by atoms with Crippen LogP contribution < -0.4 is 9.80 Å². The molecule has 0 bridgehead atoms. The van der Waals surface area contributed by atoms with Gasteiger partial charge in [0.2, 0.25) is 0 Å². The van der Waals surface area contributed by atoms with Crippen molar-refractivity contribution in [3.8, 4) is 5.69 Å². The number of anilines is 6. The lowest BCUT2D eigenvalue weighted by atomic mass is 10.1. The number of benzene rings is 5. The standard InChI is InChI=1S/C40H28FN5/c41-29-17-19-32(20-18-29)46-37-23-21-33(44(30-11-3-1-4-12-30)39-15-7-9-25-42-39)27-35(37)36-28-34(22-24-38(36)46)45(31-13-5-2-6-14-31)40-16-8-10-26-43-40/h1-28H. The summed E-state index contributed by atoms with van der Waals surface area (Å²) in [5.41, 5.74) is 6.89. The third kappa shape index (κ3) is 4.92. The number of hydrogen-bond donors (Lipinski definition) is 0. The molecule has 0 radical (unpaired) electrons. The van der Waals surface area contributed by atoms with Crippen molar-refractivity contribution in [3.63, 3.8) is 0 Å². The smallest absolute Gasteiger partial charge is 0.137 e. The van der Waals surface area contributed by atoms with Gasteiger partial charge in [-0.25, -0.2) is 14.4 Å². The molecular formula is C40H28FN5. The Labute approximate surface area is 266 Å². The van der Waals surface area contributed by atoms with E-state index in [9.17, 15) is 4.39 Å². The van der Waals surface area contributed by atoms with Gasteiger partial charge in [-0.1, -0.05) is 48.5 Å². The van der Waals surface area contributed by atoms with Crippen LogP contribution in [0.5, 0.6) is 0 Å². The molecule has 0 fully saturated rings. The summed E-state index contributed by atoms with van der Waals surface area (Å²) >= 11 is 0. The zero-order chi connectivity index (χ0) is 30.9. The van der Waals surface area contributed by atoms with Gasteiger partial charge in [-0.3, -0.25) is 9.80 Å². The Bertz CT molecular complexity index is 2030. The number of halogens is 1. The highest BCUT2D eigenvalue weighted by atomic mass is 19.1. The lowest BCUT2D eigenvalue weighted by molar-refractivity contribution is 0.627. The van der Waals surface area contributed by atoms with E-state index in [2.05, 4.69) is 75.0 Å². The van der Waals surface area contributed by atoms with Crippen LogP contribution in [-0.2, 0) is 0 Å². The van der Waals surface area contributed by atoms with Crippen LogP contribution >= 0.6 is 0 Å². The average Bonchev–Trinajstić information content (AvgIpc) is 3.44. The van der Waals surface area contributed by atoms with E-state index in [0.29, 0.717) is 0 Å². The highest BCUT2D eigenvalue weighted by Gasteiger charge is 2.20. The predicted octanol–water partition coefficient (Wildman–Crippen LogP) is 10.7. The fraction of sp³-hybridized carbons (Fsp3) is 0. The second kappa shape index (κ2) is 11.7. The van der Waals surface area contributed by atoms with Crippen LogP contribution in [-0.4, -0.2) is 14.5 Å². The van der Waals surface area contributed by atoms with Crippen molar-refractivity contribution in [1.82, 2.24) is 14.5 Å². The molecule has 5 nitrogen and oxygen atoms in total. The van der Waals surface area contributed by atoms with Crippen molar-refractivity contribution in [2.45, 2.75) is 0 Å². The molecule has 0 amide bonds. The fourth-order valence-electron chi connectivity index (χ4n) is 6.10. The summed E-state index contributed by atoms with van der Waals surface area (Å²) in [4.78, 5) is 13.7. The van der Waals surface area contributed by atoms with Gasteiger partial charge in [-0.05, 0) is 109 Å². The van der Waals surface area contributed by atoms with E-state index in [1.165, 1.54) is 12.1 Å². The molecule has 46 heavy (non-hydrogen) atoms. The Morgan fingerprint density at radius 3 is 1.33 bits per heavy atom. The lowest BCUT2D eigenvalue weighted by Gasteiger charge is -2.24. The molecule has 3 aromatic heterocycles. The van der Waals surface area contributed by atoms with Crippen LogP contribution in [0.3, 0.4) is 0 Å². The average molecular weight is 598 g/mol. The maximum Gasteiger partial charge on any atom is 0.137 e. The number of nitrogens with zero attached hydrogens (tertiary/aromatic N) is 5. The number of hydrogen-bond acceptors (Lipinski definition) is 4. The first-order chi connectivity index (χ1) is 22.7. The molecule has 5 aromatic carbocycles. The molecule has 0 aliphatic heterocycles. The molecule has 0 saturated heterocycles. The molecule has 0 atom stereocenters. The summed E-state index contributed by atoms with van der Waals surface area (Å²) in [6, 6.07) is 52.0. The monoisotopic (exact) mass is 597 g/mol. The van der Waals surface area contributed by atoms with Gasteiger partial charge in [0, 0.05) is 51.6 Å². The van der Waals surface area contributed by atoms with Crippen molar-refractivity contribution >= 4 is 56.2 Å². The molecule has 0 spiro atoms. The highest BCUT2D eigenvalue weighted by molar-refractivity contribution is 6.12. The fourth-order valence-corrected chi connectivity index (χ4v) is 6.10. The first-order valence-electron chi connectivity index (χ1n) is 15.1. The van der Waals surface area contributed by atoms with Crippen LogP contribution in [0.2, 0.25) is 0 Å². The van der Waals surface area contributed by atoms with E-state index in [0.717, 1.165) is 61.9 Å². The quantitative estimate of drug-likeness (QED) is 0.183. The van der Waals surface area contributed by atoms with Gasteiger partial charge in [0.25, 0.3) is 0 Å². The number of aromatic nitrogens is 3. The summed E-state index contributed by atoms with van der Waals surface area (Å²) < 4.78 is 16.2. The van der Waals surface area contributed by atoms with Crippen molar-refractivity contribution in [1.29, 1.82) is 0 Å². The van der Waals surface area contributed by atoms with Gasteiger partial charge in [0.15, 0.2) is 0 Å². The van der Waals surface area contributed by atoms with Crippen LogP contribution in [0.4, 0.5) is 38.8 Å². The molecule has 8 aromatic rings. The summed E-state index contributed by atoms with van der Waals surface area (Å²) in [7, 11) is 0. The van der Waals surface area contributed by atoms with E-state index in [4.69, 9.17) is 9.97 Å². The van der Waals surface area contributed by atoms with Gasteiger partial charge in [0.1, 0.15) is 17.5 Å². The molecule has 6 heteroatoms. The van der Waals surface area contributed by atoms with Crippen molar-refractivity contribution in [2.24, 2.45) is 0 Å². The maximum absolute atomic E-state index is 14.1. The minimum atomic E-state index is -0.267. The molecule has 0 unspecified atom stereocenters. The van der Waals surface area contributed by atoms with Crippen molar-refractivity contribution in [3.05, 3.63) is 176 Å². The molecule has 0 N–H and O–H groups in total.